The second kappa shape index (κ2) is 8.89. The average Bonchev–Trinajstić information content (AvgIpc) is 2.37. The van der Waals surface area contributed by atoms with E-state index < -0.39 is 9.12 Å². The lowest BCUT2D eigenvalue weighted by Gasteiger charge is -2.39. The van der Waals surface area contributed by atoms with Gasteiger partial charge in [-0.1, -0.05) is 53.2 Å². The van der Waals surface area contributed by atoms with E-state index in [4.69, 9.17) is 0 Å². The fourth-order valence-corrected chi connectivity index (χ4v) is 5.88. The minimum atomic E-state index is -1.16. The normalized spacial score (nSPS) is 13.7. The van der Waals surface area contributed by atoms with E-state index in [9.17, 15) is 0 Å². The van der Waals surface area contributed by atoms with E-state index in [0.717, 1.165) is 26.2 Å². The lowest BCUT2D eigenvalue weighted by molar-refractivity contribution is 0.379. The van der Waals surface area contributed by atoms with Crippen molar-refractivity contribution in [3.05, 3.63) is 11.8 Å². The van der Waals surface area contributed by atoms with Crippen molar-refractivity contribution in [3.8, 4) is 0 Å². The van der Waals surface area contributed by atoms with Crippen LogP contribution in [-0.4, -0.2) is 44.4 Å². The molecule has 0 aromatic rings. The number of allylic oxidation sites excluding steroid dienone is 1. The van der Waals surface area contributed by atoms with Gasteiger partial charge in [0.1, 0.15) is 0 Å². The van der Waals surface area contributed by atoms with Crippen LogP contribution in [0.1, 0.15) is 48.0 Å². The maximum Gasteiger partial charge on any atom is 0.218 e. The van der Waals surface area contributed by atoms with Gasteiger partial charge in [0.2, 0.25) is 9.12 Å². The van der Waals surface area contributed by atoms with Crippen LogP contribution in [0, 0.1) is 5.92 Å². The van der Waals surface area contributed by atoms with Gasteiger partial charge in [0, 0.05) is 0 Å². The molecule has 0 saturated carbocycles. The predicted octanol–water partition coefficient (Wildman–Crippen LogP) is 3.03. The summed E-state index contributed by atoms with van der Waals surface area (Å²) in [6, 6.07) is 0. The van der Waals surface area contributed by atoms with E-state index in [-0.39, 0.29) is 0 Å². The van der Waals surface area contributed by atoms with Gasteiger partial charge in [-0.2, -0.15) is 0 Å². The van der Waals surface area contributed by atoms with Gasteiger partial charge in [-0.05, 0) is 32.1 Å². The largest absolute Gasteiger partial charge is 0.311 e. The molecule has 0 aliphatic carbocycles. The van der Waals surface area contributed by atoms with Crippen LogP contribution in [-0.2, 0) is 0 Å². The Kier molecular flexibility index (Phi) is 8.83. The monoisotopic (exact) mass is 256 g/mol. The molecular weight excluding hydrogens is 224 g/mol. The first kappa shape index (κ1) is 16.9. The SMILES string of the molecule is C=C(C(C)CC)[SiH](N(CC)CC)N(CC)CC. The Hall–Kier alpha value is -0.123. The number of rotatable bonds is 9. The van der Waals surface area contributed by atoms with Crippen molar-refractivity contribution in [2.45, 2.75) is 48.0 Å². The molecule has 0 amide bonds. The highest BCUT2D eigenvalue weighted by Gasteiger charge is 2.28. The zero-order chi connectivity index (χ0) is 13.4. The highest BCUT2D eigenvalue weighted by molar-refractivity contribution is 6.61. The van der Waals surface area contributed by atoms with Gasteiger partial charge >= 0.3 is 0 Å². The molecule has 0 aromatic heterocycles. The van der Waals surface area contributed by atoms with Gasteiger partial charge in [0.15, 0.2) is 0 Å². The molecule has 0 bridgehead atoms. The third kappa shape index (κ3) is 4.57. The Morgan fingerprint density at radius 2 is 1.29 bits per heavy atom. The lowest BCUT2D eigenvalue weighted by atomic mass is 10.1. The first-order valence-corrected chi connectivity index (χ1v) is 8.84. The Bertz CT molecular complexity index is 198. The third-order valence-corrected chi connectivity index (χ3v) is 7.97. The third-order valence-electron chi connectivity index (χ3n) is 3.89. The number of hydrogen-bond donors (Lipinski definition) is 0. The molecule has 1 atom stereocenters. The van der Waals surface area contributed by atoms with Crippen LogP contribution in [0.5, 0.6) is 0 Å². The van der Waals surface area contributed by atoms with Crippen molar-refractivity contribution in [2.24, 2.45) is 5.92 Å². The molecule has 0 N–H and O–H groups in total. The molecular formula is C14H32N2Si. The molecule has 17 heavy (non-hydrogen) atoms. The van der Waals surface area contributed by atoms with Crippen molar-refractivity contribution >= 4 is 9.12 Å². The summed E-state index contributed by atoms with van der Waals surface area (Å²) in [5.74, 6) is 0.660. The summed E-state index contributed by atoms with van der Waals surface area (Å²) in [6.45, 7) is 22.7. The van der Waals surface area contributed by atoms with E-state index in [1.807, 2.05) is 0 Å². The Labute approximate surface area is 110 Å². The maximum absolute atomic E-state index is 4.44. The average molecular weight is 257 g/mol. The first-order valence-electron chi connectivity index (χ1n) is 7.23. The summed E-state index contributed by atoms with van der Waals surface area (Å²) in [5, 5.41) is 1.51. The molecule has 3 heteroatoms. The van der Waals surface area contributed by atoms with Crippen molar-refractivity contribution < 1.29 is 0 Å². The predicted molar refractivity (Wildman–Crippen MR) is 81.6 cm³/mol. The maximum atomic E-state index is 4.44. The van der Waals surface area contributed by atoms with Gasteiger partial charge in [0.25, 0.3) is 0 Å². The smallest absolute Gasteiger partial charge is 0.218 e. The van der Waals surface area contributed by atoms with Gasteiger partial charge in [-0.25, -0.2) is 0 Å². The molecule has 0 heterocycles. The lowest BCUT2D eigenvalue weighted by Crippen LogP contribution is -2.54. The topological polar surface area (TPSA) is 6.48 Å². The summed E-state index contributed by atoms with van der Waals surface area (Å²) >= 11 is 0. The van der Waals surface area contributed by atoms with E-state index in [1.54, 1.807) is 0 Å². The molecule has 0 aliphatic heterocycles. The molecule has 0 radical (unpaired) electrons. The Morgan fingerprint density at radius 3 is 1.53 bits per heavy atom. The highest BCUT2D eigenvalue weighted by atomic mass is 28.3. The fourth-order valence-electron chi connectivity index (χ4n) is 2.36. The van der Waals surface area contributed by atoms with Crippen LogP contribution in [0.2, 0.25) is 0 Å². The summed E-state index contributed by atoms with van der Waals surface area (Å²) in [4.78, 5) is 0. The van der Waals surface area contributed by atoms with E-state index in [2.05, 4.69) is 57.3 Å². The van der Waals surface area contributed by atoms with Crippen LogP contribution < -0.4 is 0 Å². The van der Waals surface area contributed by atoms with Crippen molar-refractivity contribution in [1.29, 1.82) is 0 Å². The van der Waals surface area contributed by atoms with Crippen molar-refractivity contribution in [2.75, 3.05) is 26.2 Å². The summed E-state index contributed by atoms with van der Waals surface area (Å²) in [5.41, 5.74) is 0. The van der Waals surface area contributed by atoms with Gasteiger partial charge < -0.3 is 9.13 Å². The van der Waals surface area contributed by atoms with E-state index in [0.29, 0.717) is 5.92 Å². The summed E-state index contributed by atoms with van der Waals surface area (Å²) in [6.07, 6.45) is 1.21. The molecule has 0 aliphatic rings. The van der Waals surface area contributed by atoms with Crippen LogP contribution >= 0.6 is 0 Å². The van der Waals surface area contributed by atoms with Crippen LogP contribution in [0.4, 0.5) is 0 Å². The molecule has 2 nitrogen and oxygen atoms in total. The highest BCUT2D eigenvalue weighted by Crippen LogP contribution is 2.20. The molecule has 0 aromatic carbocycles. The molecule has 102 valence electrons. The Balaban J connectivity index is 5.00. The zero-order valence-electron chi connectivity index (χ0n) is 12.8. The van der Waals surface area contributed by atoms with Gasteiger partial charge in [0.05, 0.1) is 0 Å². The Morgan fingerprint density at radius 1 is 0.941 bits per heavy atom. The molecule has 1 unspecified atom stereocenters. The second-order valence-electron chi connectivity index (χ2n) is 4.70. The molecule has 0 saturated heterocycles. The van der Waals surface area contributed by atoms with Gasteiger partial charge in [-0.3, -0.25) is 0 Å². The van der Waals surface area contributed by atoms with Crippen LogP contribution in [0.15, 0.2) is 11.8 Å². The quantitative estimate of drug-likeness (QED) is 0.585. The van der Waals surface area contributed by atoms with Crippen molar-refractivity contribution in [1.82, 2.24) is 9.13 Å². The molecule has 0 fully saturated rings. The summed E-state index contributed by atoms with van der Waals surface area (Å²) < 4.78 is 5.31. The standard InChI is InChI=1S/C14H32N2Si/c1-8-13(6)14(7)17(15(9-2)10-3)16(11-4)12-5/h13,17H,7-12H2,1-6H3. The van der Waals surface area contributed by atoms with E-state index >= 15 is 0 Å². The van der Waals surface area contributed by atoms with Crippen molar-refractivity contribution in [3.63, 3.8) is 0 Å². The minimum absolute atomic E-state index is 0.660. The first-order chi connectivity index (χ1) is 8.06. The fraction of sp³-hybridized carbons (Fsp3) is 0.857. The number of nitrogens with zero attached hydrogens (tertiary/aromatic N) is 2. The summed E-state index contributed by atoms with van der Waals surface area (Å²) in [7, 11) is -1.16. The van der Waals surface area contributed by atoms with E-state index in [1.165, 1.54) is 11.6 Å². The van der Waals surface area contributed by atoms with Crippen LogP contribution in [0.3, 0.4) is 0 Å². The zero-order valence-corrected chi connectivity index (χ0v) is 13.9. The minimum Gasteiger partial charge on any atom is -0.311 e. The molecule has 0 rings (SSSR count). The number of hydrogen-bond acceptors (Lipinski definition) is 2. The van der Waals surface area contributed by atoms with Crippen LogP contribution in [0.25, 0.3) is 0 Å². The molecule has 0 spiro atoms. The second-order valence-corrected chi connectivity index (χ2v) is 7.65. The van der Waals surface area contributed by atoms with Gasteiger partial charge in [-0.15, -0.1) is 6.58 Å².